The Kier molecular flexibility index (Phi) is 3.68. The van der Waals surface area contributed by atoms with E-state index in [0.717, 1.165) is 0 Å². The lowest BCUT2D eigenvalue weighted by atomic mass is 10.2. The van der Waals surface area contributed by atoms with Crippen molar-refractivity contribution in [2.45, 2.75) is 32.9 Å². The Morgan fingerprint density at radius 2 is 1.80 bits per heavy atom. The fourth-order valence-corrected chi connectivity index (χ4v) is 1.68. The van der Waals surface area contributed by atoms with Crippen molar-refractivity contribution in [1.29, 1.82) is 0 Å². The molecular formula is C10H18N2O3. The smallest absolute Gasteiger partial charge is 0.312 e. The van der Waals surface area contributed by atoms with E-state index in [1.54, 1.807) is 11.8 Å². The number of nitrogens with zero attached hydrogens (tertiary/aromatic N) is 2. The number of aliphatic hydroxyl groups excluding tert-OH is 1. The van der Waals surface area contributed by atoms with Crippen LogP contribution in [0.15, 0.2) is 0 Å². The standard InChI is InChI=1S/C10H18N2O3/c1-7(2)12-5-4-11(6-8(3)13)9(14)10(12)15/h7-8,13H,4-6H2,1-3H3. The van der Waals surface area contributed by atoms with E-state index in [1.165, 1.54) is 4.90 Å². The molecule has 1 fully saturated rings. The van der Waals surface area contributed by atoms with E-state index in [4.69, 9.17) is 5.11 Å². The Morgan fingerprint density at radius 1 is 1.20 bits per heavy atom. The van der Waals surface area contributed by atoms with Crippen molar-refractivity contribution >= 4 is 11.8 Å². The predicted molar refractivity (Wildman–Crippen MR) is 55.1 cm³/mol. The first-order chi connectivity index (χ1) is 6.93. The first-order valence-corrected chi connectivity index (χ1v) is 5.21. The molecule has 1 atom stereocenters. The van der Waals surface area contributed by atoms with Gasteiger partial charge in [0.1, 0.15) is 0 Å². The molecule has 0 aliphatic carbocycles. The number of hydrogen-bond acceptors (Lipinski definition) is 3. The number of carbonyl (C=O) groups is 2. The van der Waals surface area contributed by atoms with Crippen molar-refractivity contribution in [1.82, 2.24) is 9.80 Å². The fraction of sp³-hybridized carbons (Fsp3) is 0.800. The average molecular weight is 214 g/mol. The van der Waals surface area contributed by atoms with Crippen LogP contribution in [0.4, 0.5) is 0 Å². The second-order valence-corrected chi connectivity index (χ2v) is 4.19. The maximum atomic E-state index is 11.6. The Morgan fingerprint density at radius 3 is 2.27 bits per heavy atom. The first-order valence-electron chi connectivity index (χ1n) is 5.21. The third-order valence-electron chi connectivity index (χ3n) is 2.45. The van der Waals surface area contributed by atoms with Crippen LogP contribution in [0, 0.1) is 0 Å². The van der Waals surface area contributed by atoms with Crippen LogP contribution in [0.2, 0.25) is 0 Å². The van der Waals surface area contributed by atoms with Gasteiger partial charge in [-0.25, -0.2) is 0 Å². The summed E-state index contributed by atoms with van der Waals surface area (Å²) in [4.78, 5) is 26.2. The number of hydrogen-bond donors (Lipinski definition) is 1. The molecule has 0 aromatic heterocycles. The minimum Gasteiger partial charge on any atom is -0.392 e. The number of β-amino-alcohol motifs (C(OH)–C–C–N with tert-alkyl or cyclic N) is 1. The summed E-state index contributed by atoms with van der Waals surface area (Å²) in [6.45, 7) is 6.66. The van der Waals surface area contributed by atoms with Gasteiger partial charge in [-0.1, -0.05) is 0 Å². The van der Waals surface area contributed by atoms with Crippen LogP contribution in [0.3, 0.4) is 0 Å². The Labute approximate surface area is 89.7 Å². The molecule has 0 radical (unpaired) electrons. The maximum absolute atomic E-state index is 11.6. The minimum absolute atomic E-state index is 0.0511. The van der Waals surface area contributed by atoms with Gasteiger partial charge >= 0.3 is 11.8 Å². The quantitative estimate of drug-likeness (QED) is 0.641. The highest BCUT2D eigenvalue weighted by molar-refractivity contribution is 6.35. The van der Waals surface area contributed by atoms with E-state index in [9.17, 15) is 9.59 Å². The summed E-state index contributed by atoms with van der Waals surface area (Å²) >= 11 is 0. The Hall–Kier alpha value is -1.10. The lowest BCUT2D eigenvalue weighted by Gasteiger charge is -2.36. The predicted octanol–water partition coefficient (Wildman–Crippen LogP) is -0.554. The van der Waals surface area contributed by atoms with Gasteiger partial charge in [0, 0.05) is 25.7 Å². The topological polar surface area (TPSA) is 60.9 Å². The van der Waals surface area contributed by atoms with E-state index in [-0.39, 0.29) is 12.6 Å². The van der Waals surface area contributed by atoms with Crippen LogP contribution < -0.4 is 0 Å². The van der Waals surface area contributed by atoms with Crippen molar-refractivity contribution in [3.8, 4) is 0 Å². The summed E-state index contributed by atoms with van der Waals surface area (Å²) in [6.07, 6.45) is -0.590. The molecule has 1 unspecified atom stereocenters. The molecule has 1 aliphatic rings. The SMILES string of the molecule is CC(O)CN1CCN(C(C)C)C(=O)C1=O. The van der Waals surface area contributed by atoms with Crippen molar-refractivity contribution < 1.29 is 14.7 Å². The summed E-state index contributed by atoms with van der Waals surface area (Å²) in [5.74, 6) is -0.965. The molecule has 15 heavy (non-hydrogen) atoms. The van der Waals surface area contributed by atoms with Gasteiger partial charge in [-0.3, -0.25) is 9.59 Å². The van der Waals surface area contributed by atoms with Crippen molar-refractivity contribution in [2.75, 3.05) is 19.6 Å². The molecular weight excluding hydrogens is 196 g/mol. The molecule has 1 N–H and O–H groups in total. The largest absolute Gasteiger partial charge is 0.392 e. The molecule has 5 heteroatoms. The van der Waals surface area contributed by atoms with Crippen LogP contribution in [-0.4, -0.2) is 58.5 Å². The lowest BCUT2D eigenvalue weighted by Crippen LogP contribution is -2.57. The van der Waals surface area contributed by atoms with E-state index in [2.05, 4.69) is 0 Å². The van der Waals surface area contributed by atoms with Gasteiger partial charge in [-0.15, -0.1) is 0 Å². The summed E-state index contributed by atoms with van der Waals surface area (Å²) in [5, 5.41) is 9.16. The normalized spacial score (nSPS) is 20.1. The Bertz CT molecular complexity index is 263. The minimum atomic E-state index is -0.590. The maximum Gasteiger partial charge on any atom is 0.312 e. The summed E-state index contributed by atoms with van der Waals surface area (Å²) in [6, 6.07) is 0.0511. The van der Waals surface area contributed by atoms with E-state index >= 15 is 0 Å². The zero-order valence-corrected chi connectivity index (χ0v) is 9.43. The summed E-state index contributed by atoms with van der Waals surface area (Å²) in [7, 11) is 0. The number of amides is 2. The fourth-order valence-electron chi connectivity index (χ4n) is 1.68. The summed E-state index contributed by atoms with van der Waals surface area (Å²) < 4.78 is 0. The second kappa shape index (κ2) is 4.61. The molecule has 1 heterocycles. The van der Waals surface area contributed by atoms with Gasteiger partial charge < -0.3 is 14.9 Å². The van der Waals surface area contributed by atoms with Crippen molar-refractivity contribution in [2.24, 2.45) is 0 Å². The van der Waals surface area contributed by atoms with Gasteiger partial charge in [-0.2, -0.15) is 0 Å². The van der Waals surface area contributed by atoms with E-state index < -0.39 is 17.9 Å². The molecule has 0 spiro atoms. The zero-order valence-electron chi connectivity index (χ0n) is 9.43. The van der Waals surface area contributed by atoms with Crippen molar-refractivity contribution in [3.05, 3.63) is 0 Å². The Balaban J connectivity index is 2.65. The lowest BCUT2D eigenvalue weighted by molar-refractivity contribution is -0.158. The molecule has 0 bridgehead atoms. The average Bonchev–Trinajstić information content (AvgIpc) is 2.12. The van der Waals surface area contributed by atoms with E-state index in [1.807, 2.05) is 13.8 Å². The molecule has 0 saturated carbocycles. The summed E-state index contributed by atoms with van der Waals surface area (Å²) in [5.41, 5.74) is 0. The second-order valence-electron chi connectivity index (χ2n) is 4.19. The zero-order chi connectivity index (χ0) is 11.6. The third kappa shape index (κ3) is 2.68. The van der Waals surface area contributed by atoms with Gasteiger partial charge in [0.05, 0.1) is 6.10 Å². The van der Waals surface area contributed by atoms with Gasteiger partial charge in [0.25, 0.3) is 0 Å². The third-order valence-corrected chi connectivity index (χ3v) is 2.45. The number of carbonyl (C=O) groups excluding carboxylic acids is 2. The number of aliphatic hydroxyl groups is 1. The van der Waals surface area contributed by atoms with Crippen molar-refractivity contribution in [3.63, 3.8) is 0 Å². The molecule has 86 valence electrons. The highest BCUT2D eigenvalue weighted by atomic mass is 16.3. The molecule has 1 aliphatic heterocycles. The molecule has 1 saturated heterocycles. The first kappa shape index (κ1) is 12.0. The van der Waals surface area contributed by atoms with Crippen LogP contribution in [0.5, 0.6) is 0 Å². The van der Waals surface area contributed by atoms with Gasteiger partial charge in [0.2, 0.25) is 0 Å². The van der Waals surface area contributed by atoms with E-state index in [0.29, 0.717) is 13.1 Å². The van der Waals surface area contributed by atoms with Crippen LogP contribution in [-0.2, 0) is 9.59 Å². The number of piperazine rings is 1. The molecule has 1 rings (SSSR count). The molecule has 5 nitrogen and oxygen atoms in total. The van der Waals surface area contributed by atoms with Crippen LogP contribution in [0.25, 0.3) is 0 Å². The monoisotopic (exact) mass is 214 g/mol. The highest BCUT2D eigenvalue weighted by Crippen LogP contribution is 2.09. The number of rotatable bonds is 3. The van der Waals surface area contributed by atoms with Gasteiger partial charge in [-0.05, 0) is 20.8 Å². The highest BCUT2D eigenvalue weighted by Gasteiger charge is 2.33. The van der Waals surface area contributed by atoms with Crippen LogP contribution in [0.1, 0.15) is 20.8 Å². The van der Waals surface area contributed by atoms with Gasteiger partial charge in [0.15, 0.2) is 0 Å². The molecule has 0 aromatic carbocycles. The molecule has 0 aromatic rings. The molecule has 2 amide bonds. The van der Waals surface area contributed by atoms with Crippen LogP contribution >= 0.6 is 0 Å².